The van der Waals surface area contributed by atoms with Crippen LogP contribution in [0.5, 0.6) is 11.5 Å². The number of para-hydroxylation sites is 1. The van der Waals surface area contributed by atoms with Crippen molar-refractivity contribution in [2.24, 2.45) is 0 Å². The third-order valence-corrected chi connectivity index (χ3v) is 4.84. The summed E-state index contributed by atoms with van der Waals surface area (Å²) in [6.45, 7) is 2.46. The lowest BCUT2D eigenvalue weighted by atomic mass is 9.87. The molecular weight excluding hydrogens is 309 g/mol. The zero-order valence-corrected chi connectivity index (χ0v) is 13.3. The van der Waals surface area contributed by atoms with Gasteiger partial charge in [0.1, 0.15) is 5.82 Å². The van der Waals surface area contributed by atoms with Crippen molar-refractivity contribution >= 4 is 0 Å². The lowest BCUT2D eigenvalue weighted by molar-refractivity contribution is 0.0472. The van der Waals surface area contributed by atoms with Gasteiger partial charge in [0.2, 0.25) is 6.79 Å². The van der Waals surface area contributed by atoms with Crippen molar-refractivity contribution in [2.45, 2.75) is 25.0 Å². The highest BCUT2D eigenvalue weighted by atomic mass is 19.1. The van der Waals surface area contributed by atoms with E-state index in [-0.39, 0.29) is 18.5 Å². The molecule has 0 saturated carbocycles. The average molecular weight is 329 g/mol. The van der Waals surface area contributed by atoms with Crippen LogP contribution in [0.4, 0.5) is 4.39 Å². The molecule has 0 bridgehead atoms. The fourth-order valence-corrected chi connectivity index (χ4v) is 3.60. The molecule has 0 aromatic heterocycles. The maximum Gasteiger partial charge on any atom is 0.231 e. The molecule has 2 atom stereocenters. The van der Waals surface area contributed by atoms with Crippen LogP contribution >= 0.6 is 0 Å². The molecule has 5 heteroatoms. The number of aliphatic hydroxyl groups excluding tert-OH is 1. The lowest BCUT2D eigenvalue weighted by Crippen LogP contribution is -2.42. The second-order valence-electron chi connectivity index (χ2n) is 6.40. The molecule has 0 aliphatic carbocycles. The fourth-order valence-electron chi connectivity index (χ4n) is 3.60. The normalized spacial score (nSPS) is 23.4. The monoisotopic (exact) mass is 329 g/mol. The first-order valence-electron chi connectivity index (χ1n) is 8.24. The van der Waals surface area contributed by atoms with Gasteiger partial charge < -0.3 is 14.6 Å². The van der Waals surface area contributed by atoms with Crippen LogP contribution < -0.4 is 9.47 Å². The Morgan fingerprint density at radius 1 is 1.12 bits per heavy atom. The highest BCUT2D eigenvalue weighted by Gasteiger charge is 2.30. The zero-order chi connectivity index (χ0) is 16.5. The van der Waals surface area contributed by atoms with E-state index in [0.29, 0.717) is 6.54 Å². The second-order valence-corrected chi connectivity index (χ2v) is 6.40. The summed E-state index contributed by atoms with van der Waals surface area (Å²) in [6, 6.07) is 12.4. The van der Waals surface area contributed by atoms with Gasteiger partial charge in [-0.3, -0.25) is 4.90 Å². The van der Waals surface area contributed by atoms with Gasteiger partial charge in [-0.2, -0.15) is 0 Å². The SMILES string of the molecule is O[C@@H]1CN(Cc2cccc3c2OCO3)CC[C@H]1c1ccc(F)cc1. The van der Waals surface area contributed by atoms with Crippen molar-refractivity contribution in [1.29, 1.82) is 0 Å². The van der Waals surface area contributed by atoms with E-state index < -0.39 is 6.10 Å². The Hall–Kier alpha value is -2.11. The smallest absolute Gasteiger partial charge is 0.231 e. The van der Waals surface area contributed by atoms with Crippen LogP contribution in [-0.2, 0) is 6.54 Å². The predicted molar refractivity (Wildman–Crippen MR) is 87.6 cm³/mol. The molecule has 126 valence electrons. The summed E-state index contributed by atoms with van der Waals surface area (Å²) in [5.74, 6) is 1.41. The summed E-state index contributed by atoms with van der Waals surface area (Å²) in [6.07, 6.45) is 0.386. The number of likely N-dealkylation sites (tertiary alicyclic amines) is 1. The number of piperidine rings is 1. The molecule has 1 fully saturated rings. The van der Waals surface area contributed by atoms with E-state index >= 15 is 0 Å². The van der Waals surface area contributed by atoms with Crippen molar-refractivity contribution in [1.82, 2.24) is 4.90 Å². The summed E-state index contributed by atoms with van der Waals surface area (Å²) in [4.78, 5) is 2.22. The van der Waals surface area contributed by atoms with Gasteiger partial charge in [0.15, 0.2) is 11.5 Å². The molecule has 2 aromatic carbocycles. The number of halogens is 1. The van der Waals surface area contributed by atoms with E-state index in [4.69, 9.17) is 9.47 Å². The number of rotatable bonds is 3. The standard InChI is InChI=1S/C19H20FNO3/c20-15-6-4-13(5-7-15)16-8-9-21(11-17(16)22)10-14-2-1-3-18-19(14)24-12-23-18/h1-7,16-17,22H,8-12H2/t16-,17+/m0/s1. The number of fused-ring (bicyclic) bond motifs is 1. The molecular formula is C19H20FNO3. The third kappa shape index (κ3) is 2.97. The molecule has 0 amide bonds. The van der Waals surface area contributed by atoms with Crippen molar-refractivity contribution in [2.75, 3.05) is 19.9 Å². The first-order chi connectivity index (χ1) is 11.7. The molecule has 0 radical (unpaired) electrons. The summed E-state index contributed by atoms with van der Waals surface area (Å²) in [7, 11) is 0. The Kier molecular flexibility index (Phi) is 4.12. The molecule has 2 aliphatic heterocycles. The Bertz CT molecular complexity index is 719. The van der Waals surface area contributed by atoms with Crippen molar-refractivity contribution < 1.29 is 19.0 Å². The van der Waals surface area contributed by atoms with E-state index in [2.05, 4.69) is 4.90 Å². The molecule has 4 nitrogen and oxygen atoms in total. The van der Waals surface area contributed by atoms with E-state index in [1.165, 1.54) is 12.1 Å². The fraction of sp³-hybridized carbons (Fsp3) is 0.368. The number of β-amino-alcohol motifs (C(OH)–C–C–N with tert-alkyl or cyclic N) is 1. The topological polar surface area (TPSA) is 41.9 Å². The molecule has 1 saturated heterocycles. The maximum absolute atomic E-state index is 13.1. The Balaban J connectivity index is 1.44. The van der Waals surface area contributed by atoms with Crippen molar-refractivity contribution in [3.05, 3.63) is 59.4 Å². The van der Waals surface area contributed by atoms with Gasteiger partial charge in [-0.15, -0.1) is 0 Å². The van der Waals surface area contributed by atoms with Gasteiger partial charge in [0.05, 0.1) is 6.10 Å². The van der Waals surface area contributed by atoms with E-state index in [9.17, 15) is 9.50 Å². The summed E-state index contributed by atoms with van der Waals surface area (Å²) in [5.41, 5.74) is 2.08. The number of hydrogen-bond acceptors (Lipinski definition) is 4. The first kappa shape index (κ1) is 15.4. The number of nitrogens with zero attached hydrogens (tertiary/aromatic N) is 1. The number of ether oxygens (including phenoxy) is 2. The minimum atomic E-state index is -0.460. The van der Waals surface area contributed by atoms with Gasteiger partial charge in [0, 0.05) is 24.6 Å². The van der Waals surface area contributed by atoms with Gasteiger partial charge in [-0.05, 0) is 36.7 Å². The molecule has 2 aromatic rings. The third-order valence-electron chi connectivity index (χ3n) is 4.84. The molecule has 2 heterocycles. The van der Waals surface area contributed by atoms with Crippen LogP contribution in [0.2, 0.25) is 0 Å². The van der Waals surface area contributed by atoms with Gasteiger partial charge in [-0.25, -0.2) is 4.39 Å². The van der Waals surface area contributed by atoms with Crippen LogP contribution in [-0.4, -0.2) is 36.0 Å². The summed E-state index contributed by atoms with van der Waals surface area (Å²) >= 11 is 0. The Labute approximate surface area is 140 Å². The Morgan fingerprint density at radius 2 is 1.96 bits per heavy atom. The van der Waals surface area contributed by atoms with Crippen molar-refractivity contribution in [3.8, 4) is 11.5 Å². The van der Waals surface area contributed by atoms with Crippen molar-refractivity contribution in [3.63, 3.8) is 0 Å². The number of benzene rings is 2. The summed E-state index contributed by atoms with van der Waals surface area (Å²) < 4.78 is 24.0. The molecule has 1 N–H and O–H groups in total. The molecule has 0 spiro atoms. The second kappa shape index (κ2) is 6.42. The van der Waals surface area contributed by atoms with E-state index in [1.54, 1.807) is 12.1 Å². The molecule has 2 aliphatic rings. The van der Waals surface area contributed by atoms with Crippen LogP contribution in [0, 0.1) is 5.82 Å². The highest BCUT2D eigenvalue weighted by Crippen LogP contribution is 2.37. The lowest BCUT2D eigenvalue weighted by Gasteiger charge is -2.36. The summed E-state index contributed by atoms with van der Waals surface area (Å²) in [5, 5.41) is 10.5. The quantitative estimate of drug-likeness (QED) is 0.940. The average Bonchev–Trinajstić information content (AvgIpc) is 3.06. The molecule has 0 unspecified atom stereocenters. The minimum Gasteiger partial charge on any atom is -0.454 e. The minimum absolute atomic E-state index is 0.0583. The van der Waals surface area contributed by atoms with Gasteiger partial charge in [0.25, 0.3) is 0 Å². The maximum atomic E-state index is 13.1. The Morgan fingerprint density at radius 3 is 2.75 bits per heavy atom. The van der Waals surface area contributed by atoms with Crippen LogP contribution in [0.15, 0.2) is 42.5 Å². The molecule has 4 rings (SSSR count). The first-order valence-corrected chi connectivity index (χ1v) is 8.24. The highest BCUT2D eigenvalue weighted by molar-refractivity contribution is 5.48. The molecule has 24 heavy (non-hydrogen) atoms. The largest absolute Gasteiger partial charge is 0.454 e. The predicted octanol–water partition coefficient (Wildman–Crippen LogP) is 2.90. The van der Waals surface area contributed by atoms with Gasteiger partial charge >= 0.3 is 0 Å². The number of aliphatic hydroxyl groups is 1. The van der Waals surface area contributed by atoms with Crippen LogP contribution in [0.3, 0.4) is 0 Å². The van der Waals surface area contributed by atoms with E-state index in [1.807, 2.05) is 18.2 Å². The van der Waals surface area contributed by atoms with Crippen LogP contribution in [0.25, 0.3) is 0 Å². The number of hydrogen-bond donors (Lipinski definition) is 1. The zero-order valence-electron chi connectivity index (χ0n) is 13.3. The van der Waals surface area contributed by atoms with Gasteiger partial charge in [-0.1, -0.05) is 24.3 Å². The van der Waals surface area contributed by atoms with E-state index in [0.717, 1.165) is 42.1 Å². The van der Waals surface area contributed by atoms with Crippen LogP contribution in [0.1, 0.15) is 23.5 Å².